The van der Waals surface area contributed by atoms with Crippen LogP contribution in [0.15, 0.2) is 48.5 Å². The number of nitrogens with zero attached hydrogens (tertiary/aromatic N) is 3. The molecule has 148 valence electrons. The zero-order valence-electron chi connectivity index (χ0n) is 15.8. The zero-order chi connectivity index (χ0) is 19.8. The minimum Gasteiger partial charge on any atom is -0.493 e. The molecule has 0 atom stereocenters. The molecule has 0 saturated carbocycles. The summed E-state index contributed by atoms with van der Waals surface area (Å²) in [6.07, 6.45) is 2.57. The van der Waals surface area contributed by atoms with Crippen molar-refractivity contribution in [2.24, 2.45) is 5.92 Å². The van der Waals surface area contributed by atoms with Gasteiger partial charge >= 0.3 is 0 Å². The molecule has 1 fully saturated rings. The van der Waals surface area contributed by atoms with Gasteiger partial charge in [-0.3, -0.25) is 0 Å². The molecule has 0 aliphatic carbocycles. The molecular formula is C22H21FN4O2. The topological polar surface area (TPSA) is 76.0 Å². The average Bonchev–Trinajstić information content (AvgIpc) is 3.31. The summed E-state index contributed by atoms with van der Waals surface area (Å²) in [5.41, 5.74) is 3.83. The molecule has 6 nitrogen and oxygen atoms in total. The fourth-order valence-electron chi connectivity index (χ4n) is 3.90. The molecule has 0 unspecified atom stereocenters. The van der Waals surface area contributed by atoms with Crippen molar-refractivity contribution in [2.75, 3.05) is 13.2 Å². The Balaban J connectivity index is 1.61. The molecule has 5 rings (SSSR count). The molecule has 0 amide bonds. The van der Waals surface area contributed by atoms with Gasteiger partial charge in [0, 0.05) is 24.3 Å². The third-order valence-corrected chi connectivity index (χ3v) is 5.49. The van der Waals surface area contributed by atoms with E-state index >= 15 is 0 Å². The molecule has 7 heteroatoms. The number of nitrogens with one attached hydrogen (secondary N) is 1. The number of H-pyrrole nitrogens is 1. The first-order valence-corrected chi connectivity index (χ1v) is 9.78. The lowest BCUT2D eigenvalue weighted by Gasteiger charge is -2.21. The molecule has 1 aliphatic heterocycles. The van der Waals surface area contributed by atoms with E-state index in [1.165, 1.54) is 16.8 Å². The number of imidazole rings is 1. The SMILES string of the molecule is Oc1c(CC2CCOCC2)c(-c2ccc(F)cc2)nn1-c1nc2ccccc2[nH]1. The number of fused-ring (bicyclic) bond motifs is 1. The maximum Gasteiger partial charge on any atom is 0.232 e. The van der Waals surface area contributed by atoms with E-state index in [0.29, 0.717) is 24.0 Å². The Hall–Kier alpha value is -3.19. The molecule has 29 heavy (non-hydrogen) atoms. The van der Waals surface area contributed by atoms with Crippen LogP contribution in [0.2, 0.25) is 0 Å². The fraction of sp³-hybridized carbons (Fsp3) is 0.273. The van der Waals surface area contributed by atoms with E-state index in [1.54, 1.807) is 12.1 Å². The normalized spacial score (nSPS) is 15.2. The highest BCUT2D eigenvalue weighted by Gasteiger charge is 2.25. The standard InChI is InChI=1S/C22H21FN4O2/c23-16-7-5-15(6-8-16)20-17(13-14-9-11-29-12-10-14)21(28)27(26-20)22-24-18-3-1-2-4-19(18)25-22/h1-8,14,28H,9-13H2,(H,24,25). The third kappa shape index (κ3) is 3.38. The van der Waals surface area contributed by atoms with Gasteiger partial charge in [0.25, 0.3) is 0 Å². The number of hydrogen-bond acceptors (Lipinski definition) is 4. The van der Waals surface area contributed by atoms with Crippen LogP contribution in [0.1, 0.15) is 18.4 Å². The molecular weight excluding hydrogens is 371 g/mol. The van der Waals surface area contributed by atoms with Crippen LogP contribution in [0.3, 0.4) is 0 Å². The van der Waals surface area contributed by atoms with Crippen LogP contribution in [0.25, 0.3) is 28.2 Å². The van der Waals surface area contributed by atoms with Crippen LogP contribution in [-0.4, -0.2) is 38.1 Å². The van der Waals surface area contributed by atoms with Gasteiger partial charge in [-0.05, 0) is 61.6 Å². The summed E-state index contributed by atoms with van der Waals surface area (Å²) in [6, 6.07) is 13.9. The summed E-state index contributed by atoms with van der Waals surface area (Å²) < 4.78 is 20.3. The predicted octanol–water partition coefficient (Wildman–Crippen LogP) is 4.23. The van der Waals surface area contributed by atoms with Crippen molar-refractivity contribution < 1.29 is 14.2 Å². The second-order valence-corrected chi connectivity index (χ2v) is 7.41. The van der Waals surface area contributed by atoms with Crippen LogP contribution < -0.4 is 0 Å². The Morgan fingerprint density at radius 1 is 1.10 bits per heavy atom. The second kappa shape index (κ2) is 7.33. The van der Waals surface area contributed by atoms with Gasteiger partial charge in [0.2, 0.25) is 11.8 Å². The van der Waals surface area contributed by atoms with Gasteiger partial charge in [0.05, 0.1) is 11.0 Å². The van der Waals surface area contributed by atoms with E-state index < -0.39 is 0 Å². The van der Waals surface area contributed by atoms with Gasteiger partial charge in [-0.2, -0.15) is 9.78 Å². The average molecular weight is 392 g/mol. The Kier molecular flexibility index (Phi) is 4.52. The lowest BCUT2D eigenvalue weighted by Crippen LogP contribution is -2.17. The second-order valence-electron chi connectivity index (χ2n) is 7.41. The van der Waals surface area contributed by atoms with Crippen molar-refractivity contribution in [3.63, 3.8) is 0 Å². The predicted molar refractivity (Wildman–Crippen MR) is 108 cm³/mol. The molecule has 2 aromatic carbocycles. The van der Waals surface area contributed by atoms with Crippen LogP contribution in [-0.2, 0) is 11.2 Å². The summed E-state index contributed by atoms with van der Waals surface area (Å²) in [4.78, 5) is 7.76. The minimum atomic E-state index is -0.305. The summed E-state index contributed by atoms with van der Waals surface area (Å²) >= 11 is 0. The summed E-state index contributed by atoms with van der Waals surface area (Å²) in [6.45, 7) is 1.46. The van der Waals surface area contributed by atoms with E-state index in [2.05, 4.69) is 15.1 Å². The van der Waals surface area contributed by atoms with Crippen molar-refractivity contribution >= 4 is 11.0 Å². The van der Waals surface area contributed by atoms with E-state index in [1.807, 2.05) is 24.3 Å². The molecule has 2 N–H and O–H groups in total. The van der Waals surface area contributed by atoms with Crippen molar-refractivity contribution in [1.82, 2.24) is 19.7 Å². The first-order valence-electron chi connectivity index (χ1n) is 9.78. The monoisotopic (exact) mass is 392 g/mol. The van der Waals surface area contributed by atoms with E-state index in [-0.39, 0.29) is 11.7 Å². The van der Waals surface area contributed by atoms with Gasteiger partial charge in [-0.1, -0.05) is 12.1 Å². The Morgan fingerprint density at radius 3 is 2.62 bits per heavy atom. The van der Waals surface area contributed by atoms with Crippen molar-refractivity contribution in [3.8, 4) is 23.1 Å². The minimum absolute atomic E-state index is 0.0647. The van der Waals surface area contributed by atoms with Crippen molar-refractivity contribution in [3.05, 3.63) is 59.9 Å². The van der Waals surface area contributed by atoms with Crippen molar-refractivity contribution in [2.45, 2.75) is 19.3 Å². The van der Waals surface area contributed by atoms with Crippen LogP contribution in [0.5, 0.6) is 5.88 Å². The number of aromatic nitrogens is 4. The molecule has 0 spiro atoms. The maximum atomic E-state index is 13.4. The third-order valence-electron chi connectivity index (χ3n) is 5.49. The van der Waals surface area contributed by atoms with Gasteiger partial charge in [-0.15, -0.1) is 0 Å². The van der Waals surface area contributed by atoms with Crippen LogP contribution >= 0.6 is 0 Å². The summed E-state index contributed by atoms with van der Waals surface area (Å²) in [5.74, 6) is 0.614. The lowest BCUT2D eigenvalue weighted by molar-refractivity contribution is 0.0664. The number of hydrogen-bond donors (Lipinski definition) is 2. The summed E-state index contributed by atoms with van der Waals surface area (Å²) in [5, 5.41) is 15.7. The zero-order valence-corrected chi connectivity index (χ0v) is 15.8. The first kappa shape index (κ1) is 17.9. The molecule has 0 bridgehead atoms. The molecule has 3 heterocycles. The van der Waals surface area contributed by atoms with E-state index in [9.17, 15) is 9.50 Å². The van der Waals surface area contributed by atoms with Crippen LogP contribution in [0, 0.1) is 11.7 Å². The van der Waals surface area contributed by atoms with Crippen molar-refractivity contribution in [1.29, 1.82) is 0 Å². The number of rotatable bonds is 4. The smallest absolute Gasteiger partial charge is 0.232 e. The van der Waals surface area contributed by atoms with Gasteiger partial charge in [0.1, 0.15) is 11.5 Å². The highest BCUT2D eigenvalue weighted by atomic mass is 19.1. The highest BCUT2D eigenvalue weighted by molar-refractivity contribution is 5.76. The number of ether oxygens (including phenoxy) is 1. The Labute approximate surface area is 167 Å². The quantitative estimate of drug-likeness (QED) is 0.545. The summed E-state index contributed by atoms with van der Waals surface area (Å²) in [7, 11) is 0. The number of para-hydroxylation sites is 2. The van der Waals surface area contributed by atoms with Gasteiger partial charge in [0.15, 0.2) is 0 Å². The molecule has 1 saturated heterocycles. The molecule has 4 aromatic rings. The first-order chi connectivity index (χ1) is 14.2. The fourth-order valence-corrected chi connectivity index (χ4v) is 3.90. The number of aromatic hydroxyl groups is 1. The largest absolute Gasteiger partial charge is 0.493 e. The van der Waals surface area contributed by atoms with E-state index in [4.69, 9.17) is 4.74 Å². The van der Waals surface area contributed by atoms with Crippen LogP contribution in [0.4, 0.5) is 4.39 Å². The lowest BCUT2D eigenvalue weighted by atomic mass is 9.91. The number of halogens is 1. The molecule has 0 radical (unpaired) electrons. The maximum absolute atomic E-state index is 13.4. The highest BCUT2D eigenvalue weighted by Crippen LogP contribution is 2.35. The Bertz CT molecular complexity index is 1110. The van der Waals surface area contributed by atoms with E-state index in [0.717, 1.165) is 48.2 Å². The Morgan fingerprint density at radius 2 is 1.86 bits per heavy atom. The number of aromatic amines is 1. The van der Waals surface area contributed by atoms with Gasteiger partial charge in [-0.25, -0.2) is 9.37 Å². The number of benzene rings is 2. The molecule has 1 aliphatic rings. The molecule has 2 aromatic heterocycles. The van der Waals surface area contributed by atoms with Gasteiger partial charge < -0.3 is 14.8 Å².